The number of phenols is 1. The third kappa shape index (κ3) is 3.75. The van der Waals surface area contributed by atoms with Crippen LogP contribution in [0.25, 0.3) is 21.8 Å². The lowest BCUT2D eigenvalue weighted by Gasteiger charge is -2.11. The molecule has 6 heteroatoms. The van der Waals surface area contributed by atoms with Gasteiger partial charge in [0.05, 0.1) is 16.6 Å². The zero-order valence-corrected chi connectivity index (χ0v) is 14.4. The molecule has 1 heterocycles. The fourth-order valence-corrected chi connectivity index (χ4v) is 2.52. The topological polar surface area (TPSA) is 65.5 Å². The summed E-state index contributed by atoms with van der Waals surface area (Å²) < 4.78 is 0. The van der Waals surface area contributed by atoms with Gasteiger partial charge in [0.15, 0.2) is 0 Å². The Morgan fingerprint density at radius 1 is 1.17 bits per heavy atom. The third-order valence-corrected chi connectivity index (χ3v) is 3.71. The Morgan fingerprint density at radius 2 is 1.96 bits per heavy atom. The Morgan fingerprint density at radius 3 is 2.71 bits per heavy atom. The predicted molar refractivity (Wildman–Crippen MR) is 99.0 cm³/mol. The van der Waals surface area contributed by atoms with Crippen molar-refractivity contribution in [2.45, 2.75) is 0 Å². The zero-order chi connectivity index (χ0) is 16.4. The van der Waals surface area contributed by atoms with E-state index in [4.69, 9.17) is 0 Å². The quantitative estimate of drug-likeness (QED) is 0.714. The number of fused-ring (bicyclic) bond motifs is 2. The fourth-order valence-electron chi connectivity index (χ4n) is 2.52. The lowest BCUT2D eigenvalue weighted by Crippen LogP contribution is -2.31. The summed E-state index contributed by atoms with van der Waals surface area (Å²) in [6.45, 7) is 1.37. The molecule has 0 bridgehead atoms. The summed E-state index contributed by atoms with van der Waals surface area (Å²) in [6, 6.07) is 12.5. The largest absolute Gasteiger partial charge is 0.508 e. The molecule has 0 aliphatic heterocycles. The van der Waals surface area contributed by atoms with Crippen molar-refractivity contribution < 1.29 is 9.90 Å². The number of nitrogens with one attached hydrogen (secondary N) is 1. The smallest absolute Gasteiger partial charge is 0.253 e. The van der Waals surface area contributed by atoms with E-state index >= 15 is 0 Å². The molecule has 24 heavy (non-hydrogen) atoms. The minimum Gasteiger partial charge on any atom is -0.508 e. The molecule has 0 saturated heterocycles. The first-order chi connectivity index (χ1) is 11.0. The molecule has 5 nitrogen and oxygen atoms in total. The predicted octanol–water partition coefficient (Wildman–Crippen LogP) is 2.81. The van der Waals surface area contributed by atoms with Gasteiger partial charge in [0.2, 0.25) is 0 Å². The number of aromatic nitrogens is 1. The van der Waals surface area contributed by atoms with Crippen molar-refractivity contribution in [2.75, 3.05) is 27.2 Å². The average Bonchev–Trinajstić information content (AvgIpc) is 2.51. The van der Waals surface area contributed by atoms with E-state index in [9.17, 15) is 9.90 Å². The lowest BCUT2D eigenvalue weighted by molar-refractivity contribution is 0.0952. The van der Waals surface area contributed by atoms with Gasteiger partial charge < -0.3 is 15.3 Å². The maximum absolute atomic E-state index is 12.4. The molecule has 126 valence electrons. The molecule has 0 fully saturated rings. The van der Waals surface area contributed by atoms with E-state index in [1.807, 2.05) is 37.2 Å². The monoisotopic (exact) mass is 345 g/mol. The number of carbonyl (C=O) groups is 1. The Balaban J connectivity index is 0.00000208. The van der Waals surface area contributed by atoms with Gasteiger partial charge in [0.25, 0.3) is 5.91 Å². The molecular weight excluding hydrogens is 326 g/mol. The number of carbonyl (C=O) groups excluding carboxylic acids is 1. The van der Waals surface area contributed by atoms with Crippen LogP contribution in [0.5, 0.6) is 5.75 Å². The van der Waals surface area contributed by atoms with E-state index < -0.39 is 0 Å². The summed E-state index contributed by atoms with van der Waals surface area (Å²) in [5.41, 5.74) is 1.99. The Hall–Kier alpha value is -2.37. The number of benzene rings is 2. The molecule has 0 unspecified atom stereocenters. The van der Waals surface area contributed by atoms with Gasteiger partial charge in [-0.05, 0) is 44.4 Å². The molecule has 0 spiro atoms. The minimum atomic E-state index is -0.122. The lowest BCUT2D eigenvalue weighted by atomic mass is 10.1. The number of hydrogen-bond donors (Lipinski definition) is 2. The average molecular weight is 346 g/mol. The number of phenolic OH excluding ortho intramolecular Hbond substituents is 1. The van der Waals surface area contributed by atoms with Gasteiger partial charge in [0.1, 0.15) is 5.75 Å². The molecule has 2 N–H and O–H groups in total. The molecule has 3 aromatic rings. The third-order valence-electron chi connectivity index (χ3n) is 3.71. The van der Waals surface area contributed by atoms with Crippen LogP contribution in [0, 0.1) is 0 Å². The first kappa shape index (κ1) is 18.0. The highest BCUT2D eigenvalue weighted by molar-refractivity contribution is 6.07. The van der Waals surface area contributed by atoms with E-state index in [-0.39, 0.29) is 24.1 Å². The molecule has 3 rings (SSSR count). The number of hydrogen-bond acceptors (Lipinski definition) is 4. The van der Waals surface area contributed by atoms with Gasteiger partial charge >= 0.3 is 0 Å². The molecular formula is C18H20ClN3O2. The van der Waals surface area contributed by atoms with E-state index in [2.05, 4.69) is 10.3 Å². The van der Waals surface area contributed by atoms with Crippen molar-refractivity contribution in [3.63, 3.8) is 0 Å². The number of pyridine rings is 1. The van der Waals surface area contributed by atoms with Crippen LogP contribution in [-0.2, 0) is 0 Å². The standard InChI is InChI=1S/C18H19N3O2.ClH/c1-21(2)9-8-19-18(23)15-5-3-4-12-10-13-11-14(22)6-7-16(13)20-17(12)15;/h3-7,10-11,22H,8-9H2,1-2H3,(H,19,23);1H. The van der Waals surface area contributed by atoms with Crippen molar-refractivity contribution in [3.8, 4) is 5.75 Å². The highest BCUT2D eigenvalue weighted by Gasteiger charge is 2.12. The Kier molecular flexibility index (Phi) is 5.59. The number of likely N-dealkylation sites (N-methyl/N-ethyl adjacent to an activating group) is 1. The summed E-state index contributed by atoms with van der Waals surface area (Å²) in [5, 5.41) is 14.2. The molecule has 1 aromatic heterocycles. The van der Waals surface area contributed by atoms with E-state index in [0.29, 0.717) is 17.6 Å². The number of nitrogens with zero attached hydrogens (tertiary/aromatic N) is 2. The Labute approximate surface area is 146 Å². The summed E-state index contributed by atoms with van der Waals surface area (Å²) in [5.74, 6) is 0.0827. The molecule has 0 radical (unpaired) electrons. The first-order valence-electron chi connectivity index (χ1n) is 7.50. The number of aromatic hydroxyl groups is 1. The van der Waals surface area contributed by atoms with Gasteiger partial charge in [-0.1, -0.05) is 12.1 Å². The Bertz CT molecular complexity index is 881. The second kappa shape index (κ2) is 7.47. The second-order valence-electron chi connectivity index (χ2n) is 5.80. The molecule has 0 saturated carbocycles. The van der Waals surface area contributed by atoms with Crippen LogP contribution in [0.3, 0.4) is 0 Å². The normalized spacial score (nSPS) is 10.8. The molecule has 2 aromatic carbocycles. The van der Waals surface area contributed by atoms with Crippen molar-refractivity contribution in [2.24, 2.45) is 0 Å². The van der Waals surface area contributed by atoms with Crippen molar-refractivity contribution >= 4 is 40.1 Å². The number of rotatable bonds is 4. The van der Waals surface area contributed by atoms with Crippen LogP contribution in [0.2, 0.25) is 0 Å². The second-order valence-corrected chi connectivity index (χ2v) is 5.80. The number of para-hydroxylation sites is 1. The van der Waals surface area contributed by atoms with Crippen molar-refractivity contribution in [1.82, 2.24) is 15.2 Å². The number of halogens is 1. The summed E-state index contributed by atoms with van der Waals surface area (Å²) in [7, 11) is 3.93. The van der Waals surface area contributed by atoms with E-state index in [1.54, 1.807) is 24.3 Å². The van der Waals surface area contributed by atoms with Crippen molar-refractivity contribution in [3.05, 3.63) is 48.0 Å². The van der Waals surface area contributed by atoms with Gasteiger partial charge in [-0.3, -0.25) is 4.79 Å². The molecule has 1 amide bonds. The van der Waals surface area contributed by atoms with Crippen LogP contribution >= 0.6 is 12.4 Å². The summed E-state index contributed by atoms with van der Waals surface area (Å²) >= 11 is 0. The van der Waals surface area contributed by atoms with E-state index in [1.165, 1.54) is 0 Å². The van der Waals surface area contributed by atoms with Gasteiger partial charge in [-0.25, -0.2) is 4.98 Å². The fraction of sp³-hybridized carbons (Fsp3) is 0.222. The van der Waals surface area contributed by atoms with E-state index in [0.717, 1.165) is 22.8 Å². The number of amides is 1. The summed E-state index contributed by atoms with van der Waals surface area (Å²) in [6.07, 6.45) is 0. The zero-order valence-electron chi connectivity index (χ0n) is 13.6. The SMILES string of the molecule is CN(C)CCNC(=O)c1cccc2cc3cc(O)ccc3nc12.Cl. The van der Waals surface area contributed by atoms with Crippen LogP contribution in [0.4, 0.5) is 0 Å². The molecule has 0 aliphatic carbocycles. The highest BCUT2D eigenvalue weighted by Crippen LogP contribution is 2.25. The van der Waals surface area contributed by atoms with Gasteiger partial charge in [0, 0.05) is 23.9 Å². The maximum atomic E-state index is 12.4. The van der Waals surface area contributed by atoms with Crippen LogP contribution in [-0.4, -0.2) is 48.1 Å². The first-order valence-corrected chi connectivity index (χ1v) is 7.50. The van der Waals surface area contributed by atoms with Crippen LogP contribution in [0.1, 0.15) is 10.4 Å². The van der Waals surface area contributed by atoms with Gasteiger partial charge in [-0.2, -0.15) is 0 Å². The molecule has 0 atom stereocenters. The van der Waals surface area contributed by atoms with Crippen LogP contribution < -0.4 is 5.32 Å². The van der Waals surface area contributed by atoms with Gasteiger partial charge in [-0.15, -0.1) is 12.4 Å². The van der Waals surface area contributed by atoms with Crippen LogP contribution in [0.15, 0.2) is 42.5 Å². The summed E-state index contributed by atoms with van der Waals surface area (Å²) in [4.78, 5) is 19.0. The minimum absolute atomic E-state index is 0. The maximum Gasteiger partial charge on any atom is 0.253 e. The van der Waals surface area contributed by atoms with Crippen molar-refractivity contribution in [1.29, 1.82) is 0 Å². The highest BCUT2D eigenvalue weighted by atomic mass is 35.5. The molecule has 0 aliphatic rings.